The fourth-order valence-electron chi connectivity index (χ4n) is 1.04. The molecule has 2 rings (SSSR count). The van der Waals surface area contributed by atoms with Crippen LogP contribution in [-0.4, -0.2) is 33.4 Å². The Kier molecular flexibility index (Phi) is 2.58. The molecule has 0 aliphatic carbocycles. The molecule has 2 atom stereocenters. The molecule has 3 N–H and O–H groups in total. The molecule has 1 aliphatic heterocycles. The second-order valence-electron chi connectivity index (χ2n) is 2.69. The Bertz CT molecular complexity index is 380. The van der Waals surface area contributed by atoms with Crippen molar-refractivity contribution in [3.63, 3.8) is 0 Å². The summed E-state index contributed by atoms with van der Waals surface area (Å²) in [5.74, 6) is -2.80. The average Bonchev–Trinajstić information content (AvgIpc) is 2.77. The van der Waals surface area contributed by atoms with Crippen molar-refractivity contribution in [2.24, 2.45) is 5.92 Å². The quantitative estimate of drug-likeness (QED) is 0.528. The summed E-state index contributed by atoms with van der Waals surface area (Å²) in [6.07, 6.45) is -1.34. The van der Waals surface area contributed by atoms with Gasteiger partial charge in [-0.05, 0) is 0 Å². The number of carbonyl (C=O) groups is 2. The van der Waals surface area contributed by atoms with E-state index in [0.29, 0.717) is 0 Å². The van der Waals surface area contributed by atoms with Gasteiger partial charge in [-0.2, -0.15) is 0 Å². The molecule has 1 aromatic rings. The molecule has 80 valence electrons. The standard InChI is InChI=1S/C6H6N4O4S/c11-3(8-6-9-7-1-15-6)2-4(12)10-14-5(2)13/h1-2,4,10,12H,(H,8,9,11). The van der Waals surface area contributed by atoms with E-state index in [1.54, 1.807) is 0 Å². The third-order valence-electron chi connectivity index (χ3n) is 1.72. The van der Waals surface area contributed by atoms with E-state index < -0.39 is 24.0 Å². The molecule has 9 heteroatoms. The number of aromatic nitrogens is 2. The topological polar surface area (TPSA) is 113 Å². The van der Waals surface area contributed by atoms with Crippen molar-refractivity contribution in [3.05, 3.63) is 5.51 Å². The zero-order valence-corrected chi connectivity index (χ0v) is 8.02. The number of nitrogens with zero attached hydrogens (tertiary/aromatic N) is 2. The van der Waals surface area contributed by atoms with E-state index in [9.17, 15) is 14.7 Å². The van der Waals surface area contributed by atoms with Crippen LogP contribution in [0.4, 0.5) is 5.13 Å². The summed E-state index contributed by atoms with van der Waals surface area (Å²) in [4.78, 5) is 26.8. The third kappa shape index (κ3) is 1.93. The van der Waals surface area contributed by atoms with E-state index in [1.807, 2.05) is 5.48 Å². The van der Waals surface area contributed by atoms with Crippen LogP contribution in [-0.2, 0) is 14.4 Å². The van der Waals surface area contributed by atoms with Gasteiger partial charge in [0.15, 0.2) is 12.1 Å². The minimum Gasteiger partial charge on any atom is -0.374 e. The van der Waals surface area contributed by atoms with Gasteiger partial charge in [0.2, 0.25) is 11.0 Å². The number of hydrogen-bond donors (Lipinski definition) is 3. The van der Waals surface area contributed by atoms with Crippen molar-refractivity contribution in [2.75, 3.05) is 5.32 Å². The van der Waals surface area contributed by atoms with E-state index in [2.05, 4.69) is 20.4 Å². The van der Waals surface area contributed by atoms with Gasteiger partial charge in [-0.1, -0.05) is 11.3 Å². The van der Waals surface area contributed by atoms with Gasteiger partial charge in [-0.3, -0.25) is 10.1 Å². The first-order valence-electron chi connectivity index (χ1n) is 3.90. The van der Waals surface area contributed by atoms with Crippen molar-refractivity contribution in [2.45, 2.75) is 6.23 Å². The Morgan fingerprint density at radius 1 is 1.73 bits per heavy atom. The average molecular weight is 230 g/mol. The molecule has 0 aromatic carbocycles. The van der Waals surface area contributed by atoms with Crippen molar-refractivity contribution >= 4 is 28.3 Å². The van der Waals surface area contributed by atoms with Gasteiger partial charge >= 0.3 is 5.97 Å². The summed E-state index contributed by atoms with van der Waals surface area (Å²) in [7, 11) is 0. The molecule has 1 aliphatic rings. The highest BCUT2D eigenvalue weighted by Gasteiger charge is 2.42. The maximum Gasteiger partial charge on any atom is 0.341 e. The number of hydrogen-bond acceptors (Lipinski definition) is 8. The number of anilines is 1. The summed E-state index contributed by atoms with van der Waals surface area (Å²) in [6.45, 7) is 0. The maximum absolute atomic E-state index is 11.5. The summed E-state index contributed by atoms with van der Waals surface area (Å²) in [5.41, 5.74) is 3.42. The Labute approximate surface area is 87.2 Å². The van der Waals surface area contributed by atoms with Gasteiger partial charge < -0.3 is 9.94 Å². The van der Waals surface area contributed by atoms with E-state index in [4.69, 9.17) is 0 Å². The summed E-state index contributed by atoms with van der Waals surface area (Å²) < 4.78 is 0. The van der Waals surface area contributed by atoms with Gasteiger partial charge in [-0.25, -0.2) is 4.79 Å². The second kappa shape index (κ2) is 3.88. The highest BCUT2D eigenvalue weighted by Crippen LogP contribution is 2.15. The zero-order valence-electron chi connectivity index (χ0n) is 7.21. The number of carbonyl (C=O) groups excluding carboxylic acids is 2. The Morgan fingerprint density at radius 3 is 3.07 bits per heavy atom. The first-order valence-corrected chi connectivity index (χ1v) is 4.78. The number of aliphatic hydroxyl groups is 1. The Morgan fingerprint density at radius 2 is 2.53 bits per heavy atom. The van der Waals surface area contributed by atoms with Crippen LogP contribution in [0.1, 0.15) is 0 Å². The van der Waals surface area contributed by atoms with Crippen LogP contribution >= 0.6 is 11.3 Å². The molecule has 0 saturated carbocycles. The smallest absolute Gasteiger partial charge is 0.341 e. The summed E-state index contributed by atoms with van der Waals surface area (Å²) >= 11 is 1.10. The molecule has 1 fully saturated rings. The van der Waals surface area contributed by atoms with Crippen LogP contribution in [0.15, 0.2) is 5.51 Å². The highest BCUT2D eigenvalue weighted by molar-refractivity contribution is 7.13. The fraction of sp³-hybridized carbons (Fsp3) is 0.333. The monoisotopic (exact) mass is 230 g/mol. The van der Waals surface area contributed by atoms with Gasteiger partial charge in [0, 0.05) is 0 Å². The molecule has 15 heavy (non-hydrogen) atoms. The van der Waals surface area contributed by atoms with Crippen LogP contribution in [0.5, 0.6) is 0 Å². The van der Waals surface area contributed by atoms with Gasteiger partial charge in [0.1, 0.15) is 5.51 Å². The van der Waals surface area contributed by atoms with Gasteiger partial charge in [-0.15, -0.1) is 15.7 Å². The van der Waals surface area contributed by atoms with Crippen molar-refractivity contribution in [3.8, 4) is 0 Å². The van der Waals surface area contributed by atoms with E-state index >= 15 is 0 Å². The molecule has 1 amide bonds. The molecule has 2 heterocycles. The molecular formula is C6H6N4O4S. The number of nitrogens with one attached hydrogen (secondary N) is 2. The predicted octanol–water partition coefficient (Wildman–Crippen LogP) is -1.53. The normalized spacial score (nSPS) is 25.0. The summed E-state index contributed by atoms with van der Waals surface area (Å²) in [6, 6.07) is 0. The number of hydroxylamine groups is 1. The lowest BCUT2D eigenvalue weighted by Crippen LogP contribution is -2.36. The minimum absolute atomic E-state index is 0.256. The maximum atomic E-state index is 11.5. The van der Waals surface area contributed by atoms with Crippen molar-refractivity contribution in [1.82, 2.24) is 15.7 Å². The molecular weight excluding hydrogens is 224 g/mol. The first kappa shape index (κ1) is 9.96. The Balaban J connectivity index is 2.05. The van der Waals surface area contributed by atoms with Crippen LogP contribution in [0.2, 0.25) is 0 Å². The molecule has 8 nitrogen and oxygen atoms in total. The SMILES string of the molecule is O=C(Nc1nncs1)C1C(=O)ONC1O. The fourth-order valence-corrected chi connectivity index (χ4v) is 1.49. The molecule has 2 unspecified atom stereocenters. The van der Waals surface area contributed by atoms with Crippen molar-refractivity contribution in [1.29, 1.82) is 0 Å². The molecule has 1 aromatic heterocycles. The van der Waals surface area contributed by atoms with Crippen LogP contribution in [0, 0.1) is 5.92 Å². The second-order valence-corrected chi connectivity index (χ2v) is 3.53. The van der Waals surface area contributed by atoms with Gasteiger partial charge in [0.25, 0.3) is 0 Å². The molecule has 0 bridgehead atoms. The van der Waals surface area contributed by atoms with Crippen molar-refractivity contribution < 1.29 is 19.5 Å². The highest BCUT2D eigenvalue weighted by atomic mass is 32.1. The molecule has 0 radical (unpaired) electrons. The minimum atomic E-state index is -1.34. The zero-order chi connectivity index (χ0) is 10.8. The first-order chi connectivity index (χ1) is 7.18. The number of amides is 1. The lowest BCUT2D eigenvalue weighted by Gasteiger charge is -2.07. The van der Waals surface area contributed by atoms with E-state index in [0.717, 1.165) is 11.3 Å². The molecule has 0 spiro atoms. The largest absolute Gasteiger partial charge is 0.374 e. The summed E-state index contributed by atoms with van der Waals surface area (Å²) in [5, 5.41) is 18.9. The van der Waals surface area contributed by atoms with E-state index in [1.165, 1.54) is 5.51 Å². The number of aliphatic hydroxyl groups excluding tert-OH is 1. The predicted molar refractivity (Wildman–Crippen MR) is 47.3 cm³/mol. The third-order valence-corrected chi connectivity index (χ3v) is 2.33. The van der Waals surface area contributed by atoms with Gasteiger partial charge in [0.05, 0.1) is 0 Å². The lowest BCUT2D eigenvalue weighted by molar-refractivity contribution is -0.147. The van der Waals surface area contributed by atoms with Crippen LogP contribution in [0.25, 0.3) is 0 Å². The Hall–Kier alpha value is -1.58. The lowest BCUT2D eigenvalue weighted by atomic mass is 10.1. The van der Waals surface area contributed by atoms with E-state index in [-0.39, 0.29) is 5.13 Å². The van der Waals surface area contributed by atoms with Crippen LogP contribution in [0.3, 0.4) is 0 Å². The molecule has 1 saturated heterocycles. The van der Waals surface area contributed by atoms with Crippen LogP contribution < -0.4 is 10.8 Å². The number of rotatable bonds is 2.